The van der Waals surface area contributed by atoms with Crippen molar-refractivity contribution in [3.63, 3.8) is 0 Å². The van der Waals surface area contributed by atoms with Gasteiger partial charge in [-0.1, -0.05) is 72.8 Å². The van der Waals surface area contributed by atoms with Crippen molar-refractivity contribution in [3.05, 3.63) is 168 Å². The molecule has 0 fully saturated rings. The van der Waals surface area contributed by atoms with Gasteiger partial charge in [0.25, 0.3) is 0 Å². The zero-order chi connectivity index (χ0) is 33.8. The third kappa shape index (κ3) is 5.95. The average molecular weight is 635 g/mol. The molecule has 0 amide bonds. The lowest BCUT2D eigenvalue weighted by Gasteiger charge is -2.34. The summed E-state index contributed by atoms with van der Waals surface area (Å²) in [5.74, 6) is 0. The third-order valence-electron chi connectivity index (χ3n) is 9.72. The maximum absolute atomic E-state index is 9.96. The molecule has 4 heteroatoms. The van der Waals surface area contributed by atoms with E-state index in [1.54, 1.807) is 0 Å². The Morgan fingerprint density at radius 2 is 0.837 bits per heavy atom. The van der Waals surface area contributed by atoms with E-state index in [0.717, 1.165) is 34.1 Å². The zero-order valence-electron chi connectivity index (χ0n) is 28.0. The van der Waals surface area contributed by atoms with Crippen LogP contribution in [0.1, 0.15) is 47.9 Å². The molecular formula is C45H38N4. The summed E-state index contributed by atoms with van der Waals surface area (Å²) in [4.78, 5) is 4.60. The quantitative estimate of drug-likeness (QED) is 0.150. The Labute approximate surface area is 289 Å². The molecule has 7 rings (SSSR count). The lowest BCUT2D eigenvalue weighted by molar-refractivity contribution is 0.458. The normalized spacial score (nSPS) is 12.3. The van der Waals surface area contributed by atoms with Crippen LogP contribution in [-0.2, 0) is 5.41 Å². The van der Waals surface area contributed by atoms with Crippen LogP contribution in [0.2, 0.25) is 0 Å². The first-order valence-electron chi connectivity index (χ1n) is 16.9. The molecule has 0 bridgehead atoms. The molecule has 0 N–H and O–H groups in total. The van der Waals surface area contributed by atoms with Gasteiger partial charge in [0, 0.05) is 52.4 Å². The zero-order valence-corrected chi connectivity index (χ0v) is 28.0. The lowest BCUT2D eigenvalue weighted by Crippen LogP contribution is -2.26. The Balaban J connectivity index is 1.44. The van der Waals surface area contributed by atoms with E-state index in [1.807, 2.05) is 12.1 Å². The van der Waals surface area contributed by atoms with Crippen LogP contribution in [0.25, 0.3) is 11.1 Å². The molecule has 6 aromatic rings. The summed E-state index contributed by atoms with van der Waals surface area (Å²) in [5.41, 5.74) is 13.0. The van der Waals surface area contributed by atoms with Gasteiger partial charge in [0.2, 0.25) is 0 Å². The summed E-state index contributed by atoms with van der Waals surface area (Å²) in [5, 5.41) is 19.9. The fourth-order valence-electron chi connectivity index (χ4n) is 7.53. The molecule has 0 saturated carbocycles. The van der Waals surface area contributed by atoms with E-state index in [2.05, 4.69) is 169 Å². The fourth-order valence-corrected chi connectivity index (χ4v) is 7.53. The Morgan fingerprint density at radius 3 is 1.22 bits per heavy atom. The van der Waals surface area contributed by atoms with Crippen molar-refractivity contribution in [1.82, 2.24) is 0 Å². The summed E-state index contributed by atoms with van der Waals surface area (Å²) >= 11 is 0. The van der Waals surface area contributed by atoms with Crippen molar-refractivity contribution in [1.29, 1.82) is 10.5 Å². The van der Waals surface area contributed by atoms with Gasteiger partial charge in [-0.05, 0) is 133 Å². The smallest absolute Gasteiger partial charge is 0.0622 e. The minimum atomic E-state index is -0.508. The van der Waals surface area contributed by atoms with Gasteiger partial charge in [-0.15, -0.1) is 0 Å². The molecule has 1 aliphatic carbocycles. The first-order chi connectivity index (χ1) is 24.0. The molecule has 0 saturated heterocycles. The molecule has 0 radical (unpaired) electrons. The highest BCUT2D eigenvalue weighted by atomic mass is 15.1. The van der Waals surface area contributed by atoms with Crippen LogP contribution in [0.15, 0.2) is 146 Å². The molecule has 1 aliphatic rings. The number of rotatable bonds is 10. The average Bonchev–Trinajstić information content (AvgIpc) is 3.39. The number of para-hydroxylation sites is 2. The second-order valence-electron chi connectivity index (χ2n) is 12.9. The second-order valence-corrected chi connectivity index (χ2v) is 12.9. The standard InChI is InChI=1S/C45H38N4/c1-33-13-9-19-37(29-33)48(35-15-5-3-6-16-35)39-21-23-41-42-24-22-40(32-44(42)45(25-11-27-46,26-12-28-47)43(41)31-39)49(36-17-7-4-8-18-36)38-20-10-14-34(2)30-38/h3-10,13-24,29-32H,11-12,25-26H2,1-2H3. The van der Waals surface area contributed by atoms with Crippen molar-refractivity contribution < 1.29 is 0 Å². The second kappa shape index (κ2) is 13.6. The summed E-state index contributed by atoms with van der Waals surface area (Å²) in [6, 6.07) is 56.5. The van der Waals surface area contributed by atoms with Crippen LogP contribution in [-0.4, -0.2) is 0 Å². The Bertz CT molecular complexity index is 2030. The minimum absolute atomic E-state index is 0.388. The number of benzene rings is 6. The van der Waals surface area contributed by atoms with Crippen LogP contribution >= 0.6 is 0 Å². The molecule has 238 valence electrons. The van der Waals surface area contributed by atoms with Gasteiger partial charge in [0.05, 0.1) is 12.1 Å². The van der Waals surface area contributed by atoms with Gasteiger partial charge in [-0.3, -0.25) is 0 Å². The van der Waals surface area contributed by atoms with Gasteiger partial charge in [0.1, 0.15) is 0 Å². The summed E-state index contributed by atoms with van der Waals surface area (Å²) in [7, 11) is 0. The fraction of sp³-hybridized carbons (Fsp3) is 0.156. The molecule has 4 nitrogen and oxygen atoms in total. The molecular weight excluding hydrogens is 597 g/mol. The molecule has 0 aromatic heterocycles. The topological polar surface area (TPSA) is 54.1 Å². The molecule has 49 heavy (non-hydrogen) atoms. The van der Waals surface area contributed by atoms with E-state index in [0.29, 0.717) is 25.7 Å². The molecule has 6 aromatic carbocycles. The van der Waals surface area contributed by atoms with Crippen LogP contribution in [0, 0.1) is 36.5 Å². The van der Waals surface area contributed by atoms with Gasteiger partial charge in [-0.2, -0.15) is 10.5 Å². The maximum atomic E-state index is 9.96. The number of nitrogens with zero attached hydrogens (tertiary/aromatic N) is 4. The molecule has 0 aliphatic heterocycles. The van der Waals surface area contributed by atoms with Crippen molar-refractivity contribution in [2.75, 3.05) is 9.80 Å². The van der Waals surface area contributed by atoms with Crippen molar-refractivity contribution in [2.45, 2.75) is 44.9 Å². The van der Waals surface area contributed by atoms with Gasteiger partial charge >= 0.3 is 0 Å². The van der Waals surface area contributed by atoms with Crippen molar-refractivity contribution in [2.24, 2.45) is 0 Å². The van der Waals surface area contributed by atoms with Crippen LogP contribution in [0.5, 0.6) is 0 Å². The highest BCUT2D eigenvalue weighted by Crippen LogP contribution is 2.56. The van der Waals surface area contributed by atoms with Crippen LogP contribution < -0.4 is 9.80 Å². The van der Waals surface area contributed by atoms with E-state index >= 15 is 0 Å². The van der Waals surface area contributed by atoms with Crippen molar-refractivity contribution >= 4 is 34.1 Å². The number of fused-ring (bicyclic) bond motifs is 3. The highest BCUT2D eigenvalue weighted by molar-refractivity contribution is 5.88. The largest absolute Gasteiger partial charge is 0.310 e. The first kappa shape index (κ1) is 31.5. The molecule has 0 atom stereocenters. The predicted octanol–water partition coefficient (Wildman–Crippen LogP) is 12.1. The monoisotopic (exact) mass is 634 g/mol. The van der Waals surface area contributed by atoms with E-state index in [4.69, 9.17) is 0 Å². The first-order valence-corrected chi connectivity index (χ1v) is 16.9. The van der Waals surface area contributed by atoms with E-state index < -0.39 is 5.41 Å². The van der Waals surface area contributed by atoms with E-state index in [9.17, 15) is 10.5 Å². The molecule has 0 heterocycles. The highest BCUT2D eigenvalue weighted by Gasteiger charge is 2.43. The summed E-state index contributed by atoms with van der Waals surface area (Å²) in [6.45, 7) is 4.24. The number of anilines is 6. The van der Waals surface area contributed by atoms with Crippen LogP contribution in [0.4, 0.5) is 34.1 Å². The Kier molecular flexibility index (Phi) is 8.72. The van der Waals surface area contributed by atoms with Gasteiger partial charge in [0.15, 0.2) is 0 Å². The lowest BCUT2D eigenvalue weighted by atomic mass is 9.71. The van der Waals surface area contributed by atoms with Crippen molar-refractivity contribution in [3.8, 4) is 23.3 Å². The van der Waals surface area contributed by atoms with E-state index in [1.165, 1.54) is 33.4 Å². The number of hydrogen-bond donors (Lipinski definition) is 0. The summed E-state index contributed by atoms with van der Waals surface area (Å²) < 4.78 is 0. The Hall–Kier alpha value is -6.10. The predicted molar refractivity (Wildman–Crippen MR) is 201 cm³/mol. The minimum Gasteiger partial charge on any atom is -0.310 e. The number of aryl methyl sites for hydroxylation is 2. The SMILES string of the molecule is Cc1cccc(N(c2ccccc2)c2ccc3c(c2)C(CCC#N)(CCC#N)c2cc(N(c4ccccc4)c4cccc(C)c4)ccc2-3)c1. The van der Waals surface area contributed by atoms with Gasteiger partial charge < -0.3 is 9.80 Å². The Morgan fingerprint density at radius 1 is 0.449 bits per heavy atom. The maximum Gasteiger partial charge on any atom is 0.0622 e. The van der Waals surface area contributed by atoms with Gasteiger partial charge in [-0.25, -0.2) is 0 Å². The van der Waals surface area contributed by atoms with Crippen LogP contribution in [0.3, 0.4) is 0 Å². The van der Waals surface area contributed by atoms with E-state index in [-0.39, 0.29) is 0 Å². The molecule has 0 unspecified atom stereocenters. The number of nitriles is 2. The third-order valence-corrected chi connectivity index (χ3v) is 9.72. The molecule has 0 spiro atoms. The number of hydrogen-bond acceptors (Lipinski definition) is 4. The summed E-state index contributed by atoms with van der Waals surface area (Å²) in [6.07, 6.45) is 2.03.